The first-order chi connectivity index (χ1) is 16.5. The van der Waals surface area contributed by atoms with E-state index in [0.29, 0.717) is 47.2 Å². The fourth-order valence-electron chi connectivity index (χ4n) is 3.61. The van der Waals surface area contributed by atoms with Gasteiger partial charge in [-0.05, 0) is 48.5 Å². The van der Waals surface area contributed by atoms with E-state index < -0.39 is 10.0 Å². The van der Waals surface area contributed by atoms with Gasteiger partial charge in [0.15, 0.2) is 11.5 Å². The van der Waals surface area contributed by atoms with E-state index in [0.717, 1.165) is 11.8 Å². The predicted molar refractivity (Wildman–Crippen MR) is 129 cm³/mol. The molecule has 4 aromatic rings. The number of nitrogens with one attached hydrogen (secondary N) is 2. The number of para-hydroxylation sites is 1. The number of hydrogen-bond acceptors (Lipinski definition) is 6. The second-order valence-electron chi connectivity index (χ2n) is 7.68. The largest absolute Gasteiger partial charge is 0.490 e. The Labute approximate surface area is 196 Å². The topological polar surface area (TPSA) is 107 Å². The van der Waals surface area contributed by atoms with Crippen LogP contribution in [0.25, 0.3) is 10.9 Å². The molecular formula is C25H21N3O5S. The van der Waals surface area contributed by atoms with Crippen molar-refractivity contribution in [2.45, 2.75) is 11.3 Å². The van der Waals surface area contributed by atoms with Gasteiger partial charge in [0.2, 0.25) is 0 Å². The summed E-state index contributed by atoms with van der Waals surface area (Å²) in [6.45, 7) is 0.983. The van der Waals surface area contributed by atoms with Crippen LogP contribution in [0.1, 0.15) is 16.8 Å². The van der Waals surface area contributed by atoms with Gasteiger partial charge in [-0.3, -0.25) is 14.5 Å². The highest BCUT2D eigenvalue weighted by molar-refractivity contribution is 7.92. The Morgan fingerprint density at radius 3 is 2.47 bits per heavy atom. The molecule has 172 valence electrons. The average Bonchev–Trinajstić information content (AvgIpc) is 3.09. The summed E-state index contributed by atoms with van der Waals surface area (Å²) in [6.07, 6.45) is 2.40. The maximum absolute atomic E-state index is 12.9. The van der Waals surface area contributed by atoms with Crippen molar-refractivity contribution < 1.29 is 22.7 Å². The second kappa shape index (κ2) is 9.03. The molecule has 1 aromatic heterocycles. The van der Waals surface area contributed by atoms with E-state index in [1.165, 1.54) is 24.3 Å². The van der Waals surface area contributed by atoms with E-state index in [2.05, 4.69) is 15.0 Å². The summed E-state index contributed by atoms with van der Waals surface area (Å²) in [4.78, 5) is 17.1. The zero-order chi connectivity index (χ0) is 23.5. The standard InChI is InChI=1S/C25H21N3O5S/c29-25(27-21-6-1-4-17-5-2-13-26-24(17)21)18-7-9-19(10-8-18)28-34(30,31)20-11-12-22-23(16-20)33-15-3-14-32-22/h1-2,4-13,16,28H,3,14-15H2,(H,27,29). The lowest BCUT2D eigenvalue weighted by Gasteiger charge is -2.12. The molecule has 34 heavy (non-hydrogen) atoms. The summed E-state index contributed by atoms with van der Waals surface area (Å²) in [5.74, 6) is 0.596. The lowest BCUT2D eigenvalue weighted by atomic mass is 10.1. The molecule has 0 spiro atoms. The normalized spacial score (nSPS) is 13.2. The Bertz CT molecular complexity index is 1460. The summed E-state index contributed by atoms with van der Waals surface area (Å²) >= 11 is 0. The number of hydrogen-bond donors (Lipinski definition) is 2. The van der Waals surface area contributed by atoms with Crippen molar-refractivity contribution in [1.29, 1.82) is 0 Å². The highest BCUT2D eigenvalue weighted by Crippen LogP contribution is 2.32. The van der Waals surface area contributed by atoms with E-state index in [4.69, 9.17) is 9.47 Å². The summed E-state index contributed by atoms with van der Waals surface area (Å²) in [5, 5.41) is 3.78. The van der Waals surface area contributed by atoms with E-state index >= 15 is 0 Å². The molecule has 0 bridgehead atoms. The molecule has 3 aromatic carbocycles. The molecule has 8 nitrogen and oxygen atoms in total. The molecule has 0 atom stereocenters. The van der Waals surface area contributed by atoms with Gasteiger partial charge in [-0.2, -0.15) is 0 Å². The van der Waals surface area contributed by atoms with Crippen LogP contribution in [0.2, 0.25) is 0 Å². The zero-order valence-corrected chi connectivity index (χ0v) is 18.8. The second-order valence-corrected chi connectivity index (χ2v) is 9.36. The highest BCUT2D eigenvalue weighted by Gasteiger charge is 2.19. The fourth-order valence-corrected chi connectivity index (χ4v) is 4.69. The van der Waals surface area contributed by atoms with Crippen molar-refractivity contribution in [3.63, 3.8) is 0 Å². The van der Waals surface area contributed by atoms with E-state index in [1.54, 1.807) is 30.5 Å². The Morgan fingerprint density at radius 1 is 0.882 bits per heavy atom. The van der Waals surface area contributed by atoms with Crippen LogP contribution in [-0.4, -0.2) is 32.5 Å². The fraction of sp³-hybridized carbons (Fsp3) is 0.120. The Morgan fingerprint density at radius 2 is 1.65 bits per heavy atom. The number of rotatable bonds is 5. The Hall–Kier alpha value is -4.11. The SMILES string of the molecule is O=C(Nc1cccc2cccnc12)c1ccc(NS(=O)(=O)c2ccc3c(c2)OCCCO3)cc1. The molecule has 1 aliphatic heterocycles. The van der Waals surface area contributed by atoms with E-state index in [-0.39, 0.29) is 10.8 Å². The number of carbonyl (C=O) groups is 1. The van der Waals surface area contributed by atoms with Crippen molar-refractivity contribution in [2.24, 2.45) is 0 Å². The van der Waals surface area contributed by atoms with Gasteiger partial charge < -0.3 is 14.8 Å². The molecule has 0 aliphatic carbocycles. The maximum atomic E-state index is 12.9. The molecule has 9 heteroatoms. The van der Waals surface area contributed by atoms with Crippen molar-refractivity contribution in [2.75, 3.05) is 23.3 Å². The number of pyridine rings is 1. The van der Waals surface area contributed by atoms with Crippen LogP contribution in [0.4, 0.5) is 11.4 Å². The van der Waals surface area contributed by atoms with Gasteiger partial charge in [0.1, 0.15) is 0 Å². The minimum atomic E-state index is -3.86. The molecular weight excluding hydrogens is 454 g/mol. The maximum Gasteiger partial charge on any atom is 0.262 e. The molecule has 2 heterocycles. The number of fused-ring (bicyclic) bond motifs is 2. The van der Waals surface area contributed by atoms with Gasteiger partial charge in [-0.15, -0.1) is 0 Å². The summed E-state index contributed by atoms with van der Waals surface area (Å²) < 4.78 is 39.4. The Balaban J connectivity index is 1.31. The van der Waals surface area contributed by atoms with Gasteiger partial charge in [0.05, 0.1) is 29.3 Å². The molecule has 0 unspecified atom stereocenters. The molecule has 1 amide bonds. The minimum Gasteiger partial charge on any atom is -0.490 e. The van der Waals surface area contributed by atoms with Crippen molar-refractivity contribution >= 4 is 38.2 Å². The van der Waals surface area contributed by atoms with Gasteiger partial charge in [-0.1, -0.05) is 18.2 Å². The lowest BCUT2D eigenvalue weighted by molar-refractivity contribution is 0.102. The average molecular weight is 476 g/mol. The van der Waals surface area contributed by atoms with Crippen molar-refractivity contribution in [1.82, 2.24) is 4.98 Å². The predicted octanol–water partition coefficient (Wildman–Crippen LogP) is 4.45. The first kappa shape index (κ1) is 21.7. The molecule has 0 saturated carbocycles. The van der Waals surface area contributed by atoms with Crippen molar-refractivity contribution in [3.8, 4) is 11.5 Å². The first-order valence-electron chi connectivity index (χ1n) is 10.7. The van der Waals surface area contributed by atoms with Gasteiger partial charge in [0.25, 0.3) is 15.9 Å². The lowest BCUT2D eigenvalue weighted by Crippen LogP contribution is -2.14. The third-order valence-electron chi connectivity index (χ3n) is 5.31. The number of sulfonamides is 1. The van der Waals surface area contributed by atoms with Gasteiger partial charge in [-0.25, -0.2) is 8.42 Å². The minimum absolute atomic E-state index is 0.0574. The number of anilines is 2. The highest BCUT2D eigenvalue weighted by atomic mass is 32.2. The molecule has 0 saturated heterocycles. The van der Waals surface area contributed by atoms with Crippen molar-refractivity contribution in [3.05, 3.63) is 84.6 Å². The summed E-state index contributed by atoms with van der Waals surface area (Å²) in [6, 6.07) is 20.0. The van der Waals surface area contributed by atoms with Crippen LogP contribution in [0, 0.1) is 0 Å². The quantitative estimate of drug-likeness (QED) is 0.442. The van der Waals surface area contributed by atoms with Crippen LogP contribution in [0.15, 0.2) is 83.9 Å². The molecule has 1 aliphatic rings. The van der Waals surface area contributed by atoms with Crippen LogP contribution < -0.4 is 19.5 Å². The number of benzene rings is 3. The molecule has 5 rings (SSSR count). The number of aromatic nitrogens is 1. The summed E-state index contributed by atoms with van der Waals surface area (Å²) in [5.41, 5.74) is 2.00. The molecule has 0 radical (unpaired) electrons. The molecule has 0 fully saturated rings. The number of amides is 1. The summed E-state index contributed by atoms with van der Waals surface area (Å²) in [7, 11) is -3.86. The van der Waals surface area contributed by atoms with Crippen LogP contribution in [0.3, 0.4) is 0 Å². The Kier molecular flexibility index (Phi) is 5.77. The van der Waals surface area contributed by atoms with Gasteiger partial charge >= 0.3 is 0 Å². The van der Waals surface area contributed by atoms with Crippen LogP contribution in [-0.2, 0) is 10.0 Å². The zero-order valence-electron chi connectivity index (χ0n) is 18.0. The van der Waals surface area contributed by atoms with E-state index in [9.17, 15) is 13.2 Å². The van der Waals surface area contributed by atoms with Gasteiger partial charge in [0, 0.05) is 35.3 Å². The third-order valence-corrected chi connectivity index (χ3v) is 6.69. The number of carbonyl (C=O) groups excluding carboxylic acids is 1. The smallest absolute Gasteiger partial charge is 0.262 e. The third kappa shape index (κ3) is 4.51. The van der Waals surface area contributed by atoms with Crippen LogP contribution in [0.5, 0.6) is 11.5 Å². The van der Waals surface area contributed by atoms with E-state index in [1.807, 2.05) is 24.3 Å². The number of nitrogens with zero attached hydrogens (tertiary/aromatic N) is 1. The van der Waals surface area contributed by atoms with Crippen LogP contribution >= 0.6 is 0 Å². The monoisotopic (exact) mass is 475 g/mol. The molecule has 2 N–H and O–H groups in total. The first-order valence-corrected chi connectivity index (χ1v) is 12.2. The number of ether oxygens (including phenoxy) is 2.